The van der Waals surface area contributed by atoms with E-state index < -0.39 is 0 Å². The Morgan fingerprint density at radius 3 is 2.60 bits per heavy atom. The van der Waals surface area contributed by atoms with Gasteiger partial charge in [-0.05, 0) is 12.8 Å². The maximum absolute atomic E-state index is 8.85. The smallest absolute Gasteiger partial charge is 0.120 e. The lowest BCUT2D eigenvalue weighted by atomic mass is 10.2. The Kier molecular flexibility index (Phi) is 2.39. The molecule has 0 aliphatic carbocycles. The fourth-order valence-corrected chi connectivity index (χ4v) is 3.38. The van der Waals surface area contributed by atoms with Gasteiger partial charge in [0, 0.05) is 38.8 Å². The van der Waals surface area contributed by atoms with Crippen LogP contribution in [0.1, 0.15) is 19.3 Å². The van der Waals surface area contributed by atoms with Crippen molar-refractivity contribution in [3.8, 4) is 6.07 Å². The molecule has 0 aromatic rings. The molecule has 3 fully saturated rings. The van der Waals surface area contributed by atoms with Crippen LogP contribution in [-0.4, -0.2) is 59.8 Å². The molecule has 0 aromatic carbocycles. The van der Waals surface area contributed by atoms with Gasteiger partial charge in [-0.25, -0.2) is 0 Å². The van der Waals surface area contributed by atoms with Gasteiger partial charge in [-0.1, -0.05) is 0 Å². The molecule has 0 aromatic heterocycles. The molecule has 0 unspecified atom stereocenters. The van der Waals surface area contributed by atoms with Crippen LogP contribution < -0.4 is 0 Å². The van der Waals surface area contributed by atoms with Gasteiger partial charge < -0.3 is 0 Å². The molecule has 3 heterocycles. The molecule has 3 rings (SSSR count). The summed E-state index contributed by atoms with van der Waals surface area (Å²) < 4.78 is 0. The van der Waals surface area contributed by atoms with Crippen molar-refractivity contribution in [3.05, 3.63) is 0 Å². The number of hydrogen-bond donors (Lipinski definition) is 0. The van der Waals surface area contributed by atoms with E-state index >= 15 is 0 Å². The maximum Gasteiger partial charge on any atom is 0.120 e. The summed E-state index contributed by atoms with van der Waals surface area (Å²) in [6, 6.07) is 2.82. The van der Waals surface area contributed by atoms with E-state index in [1.807, 2.05) is 0 Å². The lowest BCUT2D eigenvalue weighted by Gasteiger charge is -2.46. The zero-order chi connectivity index (χ0) is 10.3. The monoisotopic (exact) mass is 206 g/mol. The van der Waals surface area contributed by atoms with Gasteiger partial charge in [-0.3, -0.25) is 14.7 Å². The van der Waals surface area contributed by atoms with Crippen LogP contribution in [-0.2, 0) is 0 Å². The lowest BCUT2D eigenvalue weighted by Crippen LogP contribution is -2.60. The van der Waals surface area contributed by atoms with Gasteiger partial charge in [0.1, 0.15) is 6.29 Å². The molecule has 3 saturated heterocycles. The third kappa shape index (κ3) is 1.46. The molecular formula is C11H18N4. The van der Waals surface area contributed by atoms with Crippen LogP contribution in [0.25, 0.3) is 0 Å². The first kappa shape index (κ1) is 9.59. The molecule has 0 bridgehead atoms. The standard InChI is InChI=1S/C11H18N4/c12-4-3-10-9-14-7-1-5-13-6-2-8-15(10)11(13)14/h10-11H,1-3,5-9H2/t10-,11+/m0/s1. The van der Waals surface area contributed by atoms with Crippen molar-refractivity contribution in [2.75, 3.05) is 32.7 Å². The zero-order valence-electron chi connectivity index (χ0n) is 9.10. The first-order valence-electron chi connectivity index (χ1n) is 6.01. The largest absolute Gasteiger partial charge is 0.275 e. The van der Waals surface area contributed by atoms with E-state index in [2.05, 4.69) is 20.8 Å². The zero-order valence-corrected chi connectivity index (χ0v) is 9.10. The van der Waals surface area contributed by atoms with E-state index in [1.165, 1.54) is 39.0 Å². The summed E-state index contributed by atoms with van der Waals surface area (Å²) in [7, 11) is 0. The summed E-state index contributed by atoms with van der Waals surface area (Å²) in [6.07, 6.45) is 3.79. The summed E-state index contributed by atoms with van der Waals surface area (Å²) in [4.78, 5) is 7.70. The molecule has 82 valence electrons. The molecule has 0 N–H and O–H groups in total. The average molecular weight is 206 g/mol. The SMILES string of the molecule is N#CC[C@H]1CN2CCCN3CCCN1[C@H]32. The molecule has 3 aliphatic rings. The van der Waals surface area contributed by atoms with Crippen molar-refractivity contribution in [1.82, 2.24) is 14.7 Å². The van der Waals surface area contributed by atoms with E-state index in [0.717, 1.165) is 6.54 Å². The molecule has 0 radical (unpaired) electrons. The quantitative estimate of drug-likeness (QED) is 0.617. The Labute approximate surface area is 91.0 Å². The van der Waals surface area contributed by atoms with Crippen molar-refractivity contribution in [2.24, 2.45) is 0 Å². The Morgan fingerprint density at radius 1 is 1.07 bits per heavy atom. The number of hydrogen-bond acceptors (Lipinski definition) is 4. The highest BCUT2D eigenvalue weighted by atomic mass is 15.6. The van der Waals surface area contributed by atoms with Gasteiger partial charge in [0.05, 0.1) is 12.5 Å². The van der Waals surface area contributed by atoms with Gasteiger partial charge in [0.25, 0.3) is 0 Å². The van der Waals surface area contributed by atoms with E-state index in [1.54, 1.807) is 0 Å². The molecular weight excluding hydrogens is 188 g/mol. The fourth-order valence-electron chi connectivity index (χ4n) is 3.38. The van der Waals surface area contributed by atoms with Gasteiger partial charge in [-0.15, -0.1) is 0 Å². The minimum absolute atomic E-state index is 0.487. The molecule has 15 heavy (non-hydrogen) atoms. The van der Waals surface area contributed by atoms with Crippen LogP contribution >= 0.6 is 0 Å². The molecule has 4 heteroatoms. The first-order valence-corrected chi connectivity index (χ1v) is 6.01. The lowest BCUT2D eigenvalue weighted by molar-refractivity contribution is -0.0740. The Hall–Kier alpha value is -0.630. The Bertz CT molecular complexity index is 283. The summed E-state index contributed by atoms with van der Waals surface area (Å²) in [5, 5.41) is 8.85. The van der Waals surface area contributed by atoms with Crippen LogP contribution in [0.2, 0.25) is 0 Å². The second-order valence-electron chi connectivity index (χ2n) is 4.84. The maximum atomic E-state index is 8.85. The number of nitrogens with zero attached hydrogens (tertiary/aromatic N) is 4. The summed E-state index contributed by atoms with van der Waals surface area (Å²) >= 11 is 0. The van der Waals surface area contributed by atoms with E-state index in [-0.39, 0.29) is 0 Å². The molecule has 2 atom stereocenters. The molecule has 0 amide bonds. The normalized spacial score (nSPS) is 37.5. The van der Waals surface area contributed by atoms with Gasteiger partial charge in [0.15, 0.2) is 0 Å². The third-order valence-corrected chi connectivity index (χ3v) is 3.94. The van der Waals surface area contributed by atoms with Crippen molar-refractivity contribution < 1.29 is 0 Å². The highest BCUT2D eigenvalue weighted by Gasteiger charge is 2.45. The Morgan fingerprint density at radius 2 is 1.80 bits per heavy atom. The van der Waals surface area contributed by atoms with Crippen LogP contribution in [0.5, 0.6) is 0 Å². The summed E-state index contributed by atoms with van der Waals surface area (Å²) in [5.41, 5.74) is 0. The van der Waals surface area contributed by atoms with Crippen molar-refractivity contribution in [3.63, 3.8) is 0 Å². The van der Waals surface area contributed by atoms with Crippen molar-refractivity contribution in [1.29, 1.82) is 5.26 Å². The Balaban J connectivity index is 1.81. The minimum Gasteiger partial charge on any atom is -0.275 e. The molecule has 0 spiro atoms. The predicted molar refractivity (Wildman–Crippen MR) is 56.9 cm³/mol. The number of rotatable bonds is 1. The summed E-state index contributed by atoms with van der Waals surface area (Å²) in [6.45, 7) is 6.01. The third-order valence-electron chi connectivity index (χ3n) is 3.94. The van der Waals surface area contributed by atoms with Crippen LogP contribution in [0.3, 0.4) is 0 Å². The molecule has 4 nitrogen and oxygen atoms in total. The van der Waals surface area contributed by atoms with Gasteiger partial charge in [0.2, 0.25) is 0 Å². The second kappa shape index (κ2) is 3.75. The van der Waals surface area contributed by atoms with Gasteiger partial charge >= 0.3 is 0 Å². The van der Waals surface area contributed by atoms with Crippen molar-refractivity contribution >= 4 is 0 Å². The van der Waals surface area contributed by atoms with E-state index in [0.29, 0.717) is 18.8 Å². The summed E-state index contributed by atoms with van der Waals surface area (Å²) in [5.74, 6) is 0. The van der Waals surface area contributed by atoms with Crippen LogP contribution in [0.15, 0.2) is 0 Å². The van der Waals surface area contributed by atoms with Crippen molar-refractivity contribution in [2.45, 2.75) is 31.6 Å². The highest BCUT2D eigenvalue weighted by molar-refractivity contribution is 4.98. The van der Waals surface area contributed by atoms with Crippen LogP contribution in [0, 0.1) is 11.3 Å². The first-order chi connectivity index (χ1) is 7.40. The molecule has 3 aliphatic heterocycles. The number of nitriles is 1. The molecule has 0 saturated carbocycles. The second-order valence-corrected chi connectivity index (χ2v) is 4.84. The fraction of sp³-hybridized carbons (Fsp3) is 0.909. The average Bonchev–Trinajstić information content (AvgIpc) is 2.61. The predicted octanol–water partition coefficient (Wildman–Crippen LogP) is 0.279. The highest BCUT2D eigenvalue weighted by Crippen LogP contribution is 2.31. The topological polar surface area (TPSA) is 33.5 Å². The minimum atomic E-state index is 0.487. The van der Waals surface area contributed by atoms with E-state index in [9.17, 15) is 0 Å². The van der Waals surface area contributed by atoms with Gasteiger partial charge in [-0.2, -0.15) is 5.26 Å². The van der Waals surface area contributed by atoms with Crippen LogP contribution in [0.4, 0.5) is 0 Å². The van der Waals surface area contributed by atoms with E-state index in [4.69, 9.17) is 5.26 Å².